The average Bonchev–Trinajstić information content (AvgIpc) is 3.56. The van der Waals surface area contributed by atoms with E-state index in [2.05, 4.69) is 20.4 Å². The van der Waals surface area contributed by atoms with Crippen molar-refractivity contribution in [1.29, 1.82) is 0 Å². The predicted molar refractivity (Wildman–Crippen MR) is 106 cm³/mol. The zero-order valence-corrected chi connectivity index (χ0v) is 17.1. The first-order valence-electron chi connectivity index (χ1n) is 10.8. The summed E-state index contributed by atoms with van der Waals surface area (Å²) in [5.41, 5.74) is 1.55. The Morgan fingerprint density at radius 3 is 2.69 bits per heavy atom. The number of aromatic nitrogens is 3. The predicted octanol–water partition coefficient (Wildman–Crippen LogP) is 3.75. The van der Waals surface area contributed by atoms with Gasteiger partial charge in [0.2, 0.25) is 5.89 Å². The fourth-order valence-electron chi connectivity index (χ4n) is 3.99. The van der Waals surface area contributed by atoms with Gasteiger partial charge in [-0.25, -0.2) is 4.98 Å². The number of amides is 1. The lowest BCUT2D eigenvalue weighted by Crippen LogP contribution is -2.39. The van der Waals surface area contributed by atoms with Gasteiger partial charge in [0.1, 0.15) is 0 Å². The van der Waals surface area contributed by atoms with Crippen molar-refractivity contribution in [2.45, 2.75) is 70.3 Å². The highest BCUT2D eigenvalue weighted by atomic mass is 16.5. The monoisotopic (exact) mass is 396 g/mol. The summed E-state index contributed by atoms with van der Waals surface area (Å²) in [5, 5.41) is 7.24. The molecule has 7 nitrogen and oxygen atoms in total. The van der Waals surface area contributed by atoms with Crippen molar-refractivity contribution >= 4 is 5.91 Å². The molecule has 29 heavy (non-hydrogen) atoms. The lowest BCUT2D eigenvalue weighted by atomic mass is 9.94. The van der Waals surface area contributed by atoms with Gasteiger partial charge in [0.05, 0.1) is 6.61 Å². The molecule has 154 valence electrons. The molecule has 2 aromatic heterocycles. The number of hydrogen-bond acceptors (Lipinski definition) is 6. The van der Waals surface area contributed by atoms with Crippen LogP contribution in [0.5, 0.6) is 5.75 Å². The van der Waals surface area contributed by atoms with Crippen molar-refractivity contribution in [3.8, 4) is 5.75 Å². The second kappa shape index (κ2) is 7.43. The maximum absolute atomic E-state index is 13.1. The van der Waals surface area contributed by atoms with E-state index in [4.69, 9.17) is 9.26 Å². The molecule has 0 radical (unpaired) electrons. The van der Waals surface area contributed by atoms with Crippen LogP contribution >= 0.6 is 0 Å². The number of nitrogens with one attached hydrogen (secondary N) is 1. The van der Waals surface area contributed by atoms with Gasteiger partial charge in [0.25, 0.3) is 5.91 Å². The number of hydrogen-bond donors (Lipinski definition) is 1. The normalized spacial score (nSPS) is 20.9. The van der Waals surface area contributed by atoms with Gasteiger partial charge in [-0.05, 0) is 74.8 Å². The van der Waals surface area contributed by atoms with Gasteiger partial charge in [0.15, 0.2) is 17.3 Å². The summed E-state index contributed by atoms with van der Waals surface area (Å²) in [7, 11) is 0. The zero-order valence-electron chi connectivity index (χ0n) is 17.1. The summed E-state index contributed by atoms with van der Waals surface area (Å²) >= 11 is 0. The molecule has 0 spiro atoms. The fraction of sp³-hybridized carbons (Fsp3) is 0.636. The van der Waals surface area contributed by atoms with Crippen LogP contribution in [-0.2, 0) is 0 Å². The first-order chi connectivity index (χ1) is 14.1. The molecule has 3 saturated carbocycles. The quantitative estimate of drug-likeness (QED) is 0.694. The van der Waals surface area contributed by atoms with Gasteiger partial charge in [-0.1, -0.05) is 5.16 Å². The number of ether oxygens (including phenoxy) is 1. The molecule has 5 rings (SSSR count). The van der Waals surface area contributed by atoms with Gasteiger partial charge in [-0.2, -0.15) is 4.98 Å². The molecule has 0 aliphatic heterocycles. The highest BCUT2D eigenvalue weighted by Crippen LogP contribution is 2.44. The lowest BCUT2D eigenvalue weighted by molar-refractivity contribution is 0.0921. The van der Waals surface area contributed by atoms with E-state index in [1.807, 2.05) is 19.2 Å². The highest BCUT2D eigenvalue weighted by molar-refractivity contribution is 5.95. The van der Waals surface area contributed by atoms with Crippen LogP contribution in [0.1, 0.15) is 85.1 Å². The molecule has 2 unspecified atom stereocenters. The molecule has 1 N–H and O–H groups in total. The molecule has 0 bridgehead atoms. The Hall–Kier alpha value is -2.44. The second-order valence-electron chi connectivity index (χ2n) is 8.94. The summed E-state index contributed by atoms with van der Waals surface area (Å²) in [6.07, 6.45) is 8.90. The molecule has 1 amide bonds. The lowest BCUT2D eigenvalue weighted by Gasteiger charge is -2.22. The molecule has 0 aromatic carbocycles. The second-order valence-corrected chi connectivity index (χ2v) is 8.94. The van der Waals surface area contributed by atoms with Crippen LogP contribution in [0.3, 0.4) is 0 Å². The SMILES string of the molecule is Cc1nc(C(C2CC2)C(C)NC(=O)c2ncc(C3CC3)cc2OCC2CC2)no1. The van der Waals surface area contributed by atoms with Crippen molar-refractivity contribution in [3.63, 3.8) is 0 Å². The third kappa shape index (κ3) is 4.28. The molecule has 7 heteroatoms. The summed E-state index contributed by atoms with van der Waals surface area (Å²) in [4.78, 5) is 22.0. The number of rotatable bonds is 9. The minimum absolute atomic E-state index is 0.0537. The van der Waals surface area contributed by atoms with Crippen molar-refractivity contribution in [2.75, 3.05) is 6.61 Å². The minimum atomic E-state index is -0.198. The van der Waals surface area contributed by atoms with E-state index in [1.54, 1.807) is 6.92 Å². The Morgan fingerprint density at radius 2 is 2.07 bits per heavy atom. The summed E-state index contributed by atoms with van der Waals surface area (Å²) < 4.78 is 11.2. The Bertz CT molecular complexity index is 899. The van der Waals surface area contributed by atoms with Crippen LogP contribution in [-0.4, -0.2) is 33.7 Å². The van der Waals surface area contributed by atoms with E-state index in [9.17, 15) is 4.79 Å². The summed E-state index contributed by atoms with van der Waals surface area (Å²) in [5.74, 6) is 3.38. The molecule has 0 saturated heterocycles. The molecule has 3 aliphatic carbocycles. The molecular formula is C22H28N4O3. The van der Waals surface area contributed by atoms with Crippen molar-refractivity contribution in [1.82, 2.24) is 20.4 Å². The van der Waals surface area contributed by atoms with Gasteiger partial charge >= 0.3 is 0 Å². The highest BCUT2D eigenvalue weighted by Gasteiger charge is 2.40. The number of nitrogens with zero attached hydrogens (tertiary/aromatic N) is 3. The molecule has 2 heterocycles. The van der Waals surface area contributed by atoms with Gasteiger partial charge in [-0.3, -0.25) is 4.79 Å². The molecule has 3 fully saturated rings. The van der Waals surface area contributed by atoms with E-state index in [0.29, 0.717) is 47.5 Å². The van der Waals surface area contributed by atoms with Gasteiger partial charge in [0, 0.05) is 25.1 Å². The first-order valence-corrected chi connectivity index (χ1v) is 10.8. The van der Waals surface area contributed by atoms with Crippen LogP contribution in [0.2, 0.25) is 0 Å². The largest absolute Gasteiger partial charge is 0.491 e. The van der Waals surface area contributed by atoms with E-state index in [0.717, 1.165) is 12.8 Å². The number of carbonyl (C=O) groups is 1. The van der Waals surface area contributed by atoms with Crippen molar-refractivity contribution < 1.29 is 14.1 Å². The number of aryl methyl sites for hydroxylation is 1. The number of pyridine rings is 1. The Morgan fingerprint density at radius 1 is 1.28 bits per heavy atom. The van der Waals surface area contributed by atoms with Gasteiger partial charge in [-0.15, -0.1) is 0 Å². The first kappa shape index (κ1) is 18.6. The van der Waals surface area contributed by atoms with Crippen LogP contribution in [0.4, 0.5) is 0 Å². The van der Waals surface area contributed by atoms with Crippen molar-refractivity contribution in [2.24, 2.45) is 11.8 Å². The molecule has 2 atom stereocenters. The third-order valence-electron chi connectivity index (χ3n) is 6.18. The average molecular weight is 396 g/mol. The van der Waals surface area contributed by atoms with Gasteiger partial charge < -0.3 is 14.6 Å². The Labute approximate surface area is 170 Å². The van der Waals surface area contributed by atoms with E-state index in [-0.39, 0.29) is 17.9 Å². The maximum atomic E-state index is 13.1. The van der Waals surface area contributed by atoms with Crippen LogP contribution in [0, 0.1) is 18.8 Å². The molecule has 2 aromatic rings. The summed E-state index contributed by atoms with van der Waals surface area (Å²) in [6.45, 7) is 4.47. The third-order valence-corrected chi connectivity index (χ3v) is 6.18. The molecular weight excluding hydrogens is 368 g/mol. The number of carbonyl (C=O) groups excluding carboxylic acids is 1. The van der Waals surface area contributed by atoms with Crippen LogP contribution in [0.25, 0.3) is 0 Å². The van der Waals surface area contributed by atoms with E-state index in [1.165, 1.54) is 31.2 Å². The van der Waals surface area contributed by atoms with E-state index < -0.39 is 0 Å². The fourth-order valence-corrected chi connectivity index (χ4v) is 3.99. The van der Waals surface area contributed by atoms with Crippen molar-refractivity contribution in [3.05, 3.63) is 35.2 Å². The summed E-state index contributed by atoms with van der Waals surface area (Å²) in [6, 6.07) is 1.90. The van der Waals surface area contributed by atoms with Crippen LogP contribution in [0.15, 0.2) is 16.8 Å². The Balaban J connectivity index is 1.33. The molecule has 3 aliphatic rings. The van der Waals surface area contributed by atoms with Crippen LogP contribution < -0.4 is 10.1 Å². The Kier molecular flexibility index (Phi) is 4.76. The standard InChI is InChI=1S/C22H28N4O3/c1-12(19(16-7-8-16)21-25-13(2)29-26-21)24-22(27)20-18(28-11-14-3-4-14)9-17(10-23-20)15-5-6-15/h9-10,12,14-16,19H,3-8,11H2,1-2H3,(H,24,27). The minimum Gasteiger partial charge on any atom is -0.491 e. The smallest absolute Gasteiger partial charge is 0.273 e. The zero-order chi connectivity index (χ0) is 20.0. The topological polar surface area (TPSA) is 90.1 Å². The maximum Gasteiger partial charge on any atom is 0.273 e. The van der Waals surface area contributed by atoms with E-state index >= 15 is 0 Å².